The lowest BCUT2D eigenvalue weighted by atomic mass is 9.76. The summed E-state index contributed by atoms with van der Waals surface area (Å²) in [7, 11) is 0. The molecule has 2 N–H and O–H groups in total. The van der Waals surface area contributed by atoms with Gasteiger partial charge in [-0.1, -0.05) is 0 Å². The van der Waals surface area contributed by atoms with E-state index in [0.29, 0.717) is 11.5 Å². The number of fused-ring (bicyclic) bond motifs is 1. The molecule has 1 atom stereocenters. The van der Waals surface area contributed by atoms with Crippen molar-refractivity contribution in [3.8, 4) is 0 Å². The molecular weight excluding hydrogens is 375 g/mol. The van der Waals surface area contributed by atoms with Gasteiger partial charge in [0.1, 0.15) is 0 Å². The summed E-state index contributed by atoms with van der Waals surface area (Å²) in [5.74, 6) is -2.76. The SMILES string of the molecule is Cc1cc2ncn(CC3CCC4(CNC4)CO3)c2cc1C.O=C(O)C(F)(F)F. The number of nitrogens with zero attached hydrogens (tertiary/aromatic N) is 2. The molecule has 1 aromatic heterocycles. The summed E-state index contributed by atoms with van der Waals surface area (Å²) in [4.78, 5) is 13.4. The third kappa shape index (κ3) is 4.47. The second-order valence-electron chi connectivity index (χ2n) is 7.70. The number of aryl methyl sites for hydroxylation is 2. The van der Waals surface area contributed by atoms with Crippen molar-refractivity contribution in [3.05, 3.63) is 29.6 Å². The van der Waals surface area contributed by atoms with Crippen LogP contribution < -0.4 is 5.32 Å². The van der Waals surface area contributed by atoms with E-state index >= 15 is 0 Å². The van der Waals surface area contributed by atoms with E-state index in [2.05, 4.69) is 40.8 Å². The van der Waals surface area contributed by atoms with Gasteiger partial charge >= 0.3 is 12.1 Å². The molecule has 1 aromatic carbocycles. The summed E-state index contributed by atoms with van der Waals surface area (Å²) in [6, 6.07) is 4.43. The standard InChI is InChI=1S/C17H23N3O.C2HF3O2/c1-12-5-15-16(6-13(12)2)20(11-19-15)7-14-3-4-17(10-21-14)8-18-9-17;3-2(4,5)1(6)7/h5-6,11,14,18H,3-4,7-10H2,1-2H3;(H,6,7). The number of imidazole rings is 1. The Labute approximate surface area is 160 Å². The van der Waals surface area contributed by atoms with Gasteiger partial charge in [0.25, 0.3) is 0 Å². The van der Waals surface area contributed by atoms with E-state index < -0.39 is 12.1 Å². The van der Waals surface area contributed by atoms with E-state index in [1.807, 2.05) is 6.33 Å². The van der Waals surface area contributed by atoms with Crippen LogP contribution in [0.5, 0.6) is 0 Å². The maximum atomic E-state index is 10.6. The van der Waals surface area contributed by atoms with Crippen LogP contribution in [0.2, 0.25) is 0 Å². The zero-order valence-electron chi connectivity index (χ0n) is 15.8. The number of benzene rings is 1. The minimum atomic E-state index is -5.08. The number of nitrogens with one attached hydrogen (secondary N) is 1. The lowest BCUT2D eigenvalue weighted by Gasteiger charge is -2.47. The van der Waals surface area contributed by atoms with Gasteiger partial charge in [0.15, 0.2) is 0 Å². The van der Waals surface area contributed by atoms with E-state index in [4.69, 9.17) is 14.6 Å². The van der Waals surface area contributed by atoms with Crippen molar-refractivity contribution in [1.29, 1.82) is 0 Å². The van der Waals surface area contributed by atoms with Crippen molar-refractivity contribution >= 4 is 17.0 Å². The van der Waals surface area contributed by atoms with E-state index in [1.54, 1.807) is 0 Å². The van der Waals surface area contributed by atoms with Crippen molar-refractivity contribution in [2.24, 2.45) is 5.41 Å². The molecule has 1 unspecified atom stereocenters. The Morgan fingerprint density at radius 1 is 1.36 bits per heavy atom. The van der Waals surface area contributed by atoms with E-state index in [0.717, 1.165) is 38.2 Å². The molecule has 2 aliphatic heterocycles. The molecule has 1 spiro atoms. The van der Waals surface area contributed by atoms with Crippen LogP contribution in [-0.4, -0.2) is 52.6 Å². The second kappa shape index (κ2) is 7.71. The third-order valence-electron chi connectivity index (χ3n) is 5.50. The monoisotopic (exact) mass is 399 g/mol. The van der Waals surface area contributed by atoms with Crippen molar-refractivity contribution in [1.82, 2.24) is 14.9 Å². The Morgan fingerprint density at radius 2 is 2.00 bits per heavy atom. The molecule has 154 valence electrons. The smallest absolute Gasteiger partial charge is 0.475 e. The number of ether oxygens (including phenoxy) is 1. The van der Waals surface area contributed by atoms with Gasteiger partial charge in [0, 0.05) is 18.5 Å². The van der Waals surface area contributed by atoms with E-state index in [-0.39, 0.29) is 0 Å². The molecule has 0 amide bonds. The zero-order valence-corrected chi connectivity index (χ0v) is 15.8. The predicted octanol–water partition coefficient (Wildman–Crippen LogP) is 3.06. The van der Waals surface area contributed by atoms with Gasteiger partial charge in [-0.05, 0) is 49.9 Å². The Kier molecular flexibility index (Phi) is 5.67. The van der Waals surface area contributed by atoms with Gasteiger partial charge in [-0.3, -0.25) is 0 Å². The average Bonchev–Trinajstić information content (AvgIpc) is 2.96. The molecule has 2 fully saturated rings. The molecule has 2 aliphatic rings. The zero-order chi connectivity index (χ0) is 20.5. The second-order valence-corrected chi connectivity index (χ2v) is 7.70. The fraction of sp³-hybridized carbons (Fsp3) is 0.579. The number of alkyl halides is 3. The number of carboxylic acid groups (broad SMARTS) is 1. The van der Waals surface area contributed by atoms with Crippen LogP contribution in [0.1, 0.15) is 24.0 Å². The normalized spacial score (nSPS) is 21.1. The number of hydrogen-bond acceptors (Lipinski definition) is 4. The summed E-state index contributed by atoms with van der Waals surface area (Å²) >= 11 is 0. The molecule has 2 aromatic rings. The summed E-state index contributed by atoms with van der Waals surface area (Å²) in [6.07, 6.45) is -0.348. The van der Waals surface area contributed by atoms with Gasteiger partial charge in [-0.25, -0.2) is 9.78 Å². The molecule has 0 bridgehead atoms. The molecule has 4 rings (SSSR count). The Morgan fingerprint density at radius 3 is 2.50 bits per heavy atom. The largest absolute Gasteiger partial charge is 0.490 e. The first-order valence-corrected chi connectivity index (χ1v) is 9.14. The van der Waals surface area contributed by atoms with Crippen LogP contribution in [0, 0.1) is 19.3 Å². The van der Waals surface area contributed by atoms with Gasteiger partial charge in [0.2, 0.25) is 0 Å². The highest BCUT2D eigenvalue weighted by atomic mass is 19.4. The molecule has 0 aliphatic carbocycles. The topological polar surface area (TPSA) is 76.4 Å². The van der Waals surface area contributed by atoms with E-state index in [9.17, 15) is 13.2 Å². The van der Waals surface area contributed by atoms with Crippen molar-refractivity contribution in [2.75, 3.05) is 19.7 Å². The first-order chi connectivity index (χ1) is 13.1. The maximum absolute atomic E-state index is 10.6. The minimum Gasteiger partial charge on any atom is -0.475 e. The molecule has 3 heterocycles. The predicted molar refractivity (Wildman–Crippen MR) is 97.2 cm³/mol. The van der Waals surface area contributed by atoms with Crippen molar-refractivity contribution < 1.29 is 27.8 Å². The first-order valence-electron chi connectivity index (χ1n) is 9.14. The van der Waals surface area contributed by atoms with Crippen molar-refractivity contribution in [2.45, 2.75) is 45.5 Å². The van der Waals surface area contributed by atoms with Gasteiger partial charge in [-0.2, -0.15) is 13.2 Å². The lowest BCUT2D eigenvalue weighted by Crippen LogP contribution is -2.58. The molecule has 0 radical (unpaired) electrons. The third-order valence-corrected chi connectivity index (χ3v) is 5.50. The number of carboxylic acids is 1. The van der Waals surface area contributed by atoms with Crippen LogP contribution in [0.4, 0.5) is 13.2 Å². The molecule has 6 nitrogen and oxygen atoms in total. The fourth-order valence-corrected chi connectivity index (χ4v) is 3.50. The summed E-state index contributed by atoms with van der Waals surface area (Å²) < 4.78 is 40.1. The van der Waals surface area contributed by atoms with E-state index in [1.165, 1.54) is 23.1 Å². The number of rotatable bonds is 2. The number of halogens is 3. The van der Waals surface area contributed by atoms with Crippen molar-refractivity contribution in [3.63, 3.8) is 0 Å². The molecule has 0 saturated carbocycles. The Balaban J connectivity index is 0.000000279. The Hall–Kier alpha value is -2.13. The number of aliphatic carboxylic acids is 1. The number of aromatic nitrogens is 2. The first kappa shape index (κ1) is 20.6. The van der Waals surface area contributed by atoms with Crippen LogP contribution in [-0.2, 0) is 16.1 Å². The lowest BCUT2D eigenvalue weighted by molar-refractivity contribution is -0.192. The summed E-state index contributed by atoms with van der Waals surface area (Å²) in [6.45, 7) is 8.40. The molecule has 28 heavy (non-hydrogen) atoms. The highest BCUT2D eigenvalue weighted by molar-refractivity contribution is 5.77. The average molecular weight is 399 g/mol. The number of carbonyl (C=O) groups is 1. The quantitative estimate of drug-likeness (QED) is 0.812. The van der Waals surface area contributed by atoms with Crippen LogP contribution >= 0.6 is 0 Å². The minimum absolute atomic E-state index is 0.329. The van der Waals surface area contributed by atoms with Crippen LogP contribution in [0.3, 0.4) is 0 Å². The van der Waals surface area contributed by atoms with Crippen LogP contribution in [0.25, 0.3) is 11.0 Å². The number of hydrogen-bond donors (Lipinski definition) is 2. The van der Waals surface area contributed by atoms with Gasteiger partial charge < -0.3 is 19.7 Å². The molecule has 2 saturated heterocycles. The summed E-state index contributed by atoms with van der Waals surface area (Å²) in [5.41, 5.74) is 5.40. The summed E-state index contributed by atoms with van der Waals surface area (Å²) in [5, 5.41) is 10.5. The molecular formula is C19H24F3N3O3. The maximum Gasteiger partial charge on any atom is 0.490 e. The fourth-order valence-electron chi connectivity index (χ4n) is 3.50. The highest BCUT2D eigenvalue weighted by Gasteiger charge is 2.41. The Bertz CT molecular complexity index is 849. The van der Waals surface area contributed by atoms with Gasteiger partial charge in [0.05, 0.1) is 36.6 Å². The highest BCUT2D eigenvalue weighted by Crippen LogP contribution is 2.35. The molecule has 9 heteroatoms. The van der Waals surface area contributed by atoms with Gasteiger partial charge in [-0.15, -0.1) is 0 Å². The van der Waals surface area contributed by atoms with Crippen LogP contribution in [0.15, 0.2) is 18.5 Å².